The van der Waals surface area contributed by atoms with E-state index in [9.17, 15) is 10.2 Å². The Labute approximate surface area is 175 Å². The van der Waals surface area contributed by atoms with Gasteiger partial charge in [0.2, 0.25) is 5.90 Å². The van der Waals surface area contributed by atoms with E-state index in [-0.39, 0.29) is 11.3 Å². The van der Waals surface area contributed by atoms with Crippen LogP contribution in [-0.4, -0.2) is 58.6 Å². The predicted molar refractivity (Wildman–Crippen MR) is 114 cm³/mol. The quantitative estimate of drug-likeness (QED) is 0.662. The molecule has 3 unspecified atom stereocenters. The topological polar surface area (TPSA) is 103 Å². The molecule has 8 heteroatoms. The summed E-state index contributed by atoms with van der Waals surface area (Å²) in [7, 11) is 1.53. The summed E-state index contributed by atoms with van der Waals surface area (Å²) in [6.07, 6.45) is 2.43. The van der Waals surface area contributed by atoms with E-state index < -0.39 is 12.3 Å². The van der Waals surface area contributed by atoms with Crippen molar-refractivity contribution in [1.82, 2.24) is 9.97 Å². The van der Waals surface area contributed by atoms with Gasteiger partial charge in [-0.2, -0.15) is 0 Å². The second-order valence-corrected chi connectivity index (χ2v) is 8.51. The number of hydrogen-bond acceptors (Lipinski definition) is 8. The Hall–Kier alpha value is -2.71. The first-order chi connectivity index (χ1) is 14.5. The molecule has 5 rings (SSSR count). The number of aliphatic imine (C=N–C) groups is 1. The van der Waals surface area contributed by atoms with E-state index in [1.165, 1.54) is 12.7 Å². The van der Waals surface area contributed by atoms with E-state index in [4.69, 9.17) is 4.74 Å². The van der Waals surface area contributed by atoms with Crippen LogP contribution < -0.4 is 10.2 Å². The highest BCUT2D eigenvalue weighted by Gasteiger charge is 2.48. The molecule has 3 aliphatic rings. The molecule has 158 valence electrons. The van der Waals surface area contributed by atoms with Gasteiger partial charge in [0.1, 0.15) is 24.3 Å². The average Bonchev–Trinajstić information content (AvgIpc) is 2.96. The van der Waals surface area contributed by atoms with Crippen molar-refractivity contribution in [2.75, 3.05) is 30.4 Å². The lowest BCUT2D eigenvalue weighted by Gasteiger charge is -2.42. The maximum atomic E-state index is 10.8. The van der Waals surface area contributed by atoms with E-state index in [1.807, 2.05) is 25.1 Å². The summed E-state index contributed by atoms with van der Waals surface area (Å²) in [5, 5.41) is 24.6. The number of piperidine rings is 1. The van der Waals surface area contributed by atoms with Crippen molar-refractivity contribution in [3.05, 3.63) is 41.9 Å². The molecule has 2 aromatic rings. The van der Waals surface area contributed by atoms with Gasteiger partial charge >= 0.3 is 0 Å². The van der Waals surface area contributed by atoms with Gasteiger partial charge in [-0.25, -0.2) is 15.0 Å². The third kappa shape index (κ3) is 2.86. The van der Waals surface area contributed by atoms with Crippen molar-refractivity contribution < 1.29 is 14.9 Å². The second kappa shape index (κ2) is 7.21. The molecule has 0 aliphatic carbocycles. The Morgan fingerprint density at radius 2 is 1.93 bits per heavy atom. The number of aromatic nitrogens is 2. The number of para-hydroxylation sites is 1. The zero-order chi connectivity index (χ0) is 20.9. The minimum atomic E-state index is -0.766. The number of hydrogen-bond donors (Lipinski definition) is 3. The molecule has 1 spiro atoms. The molecule has 1 saturated heterocycles. The minimum Gasteiger partial charge on any atom is -0.482 e. The molecule has 3 aliphatic heterocycles. The third-order valence-electron chi connectivity index (χ3n) is 6.85. The minimum absolute atomic E-state index is 0.0477. The van der Waals surface area contributed by atoms with Crippen molar-refractivity contribution in [2.45, 2.75) is 43.9 Å². The maximum absolute atomic E-state index is 10.8. The van der Waals surface area contributed by atoms with Crippen LogP contribution in [0.1, 0.15) is 31.0 Å². The van der Waals surface area contributed by atoms with Gasteiger partial charge in [0.15, 0.2) is 5.82 Å². The molecule has 8 nitrogen and oxygen atoms in total. The van der Waals surface area contributed by atoms with Crippen LogP contribution in [-0.2, 0) is 16.6 Å². The lowest BCUT2D eigenvalue weighted by molar-refractivity contribution is 0.0964. The third-order valence-corrected chi connectivity index (χ3v) is 6.85. The zero-order valence-corrected chi connectivity index (χ0v) is 17.2. The number of fused-ring (bicyclic) bond motifs is 3. The van der Waals surface area contributed by atoms with Crippen LogP contribution >= 0.6 is 0 Å². The van der Waals surface area contributed by atoms with Gasteiger partial charge in [-0.15, -0.1) is 0 Å². The monoisotopic (exact) mass is 409 g/mol. The molecule has 0 saturated carbocycles. The van der Waals surface area contributed by atoms with Crippen LogP contribution in [0.2, 0.25) is 0 Å². The van der Waals surface area contributed by atoms with Crippen LogP contribution in [0.3, 0.4) is 0 Å². The Morgan fingerprint density at radius 1 is 1.17 bits per heavy atom. The number of anilines is 2. The summed E-state index contributed by atoms with van der Waals surface area (Å²) in [6, 6.07) is 8.16. The molecular formula is C22H27N5O3. The fourth-order valence-electron chi connectivity index (χ4n) is 5.04. The van der Waals surface area contributed by atoms with Gasteiger partial charge in [-0.3, -0.25) is 0 Å². The molecule has 0 radical (unpaired) electrons. The molecule has 4 heterocycles. The van der Waals surface area contributed by atoms with E-state index >= 15 is 0 Å². The zero-order valence-electron chi connectivity index (χ0n) is 17.2. The summed E-state index contributed by atoms with van der Waals surface area (Å²) in [6.45, 7) is 3.45. The Balaban J connectivity index is 1.46. The lowest BCUT2D eigenvalue weighted by Crippen LogP contribution is -2.49. The Kier molecular flexibility index (Phi) is 4.63. The summed E-state index contributed by atoms with van der Waals surface area (Å²) < 4.78 is 5.37. The van der Waals surface area contributed by atoms with Gasteiger partial charge in [0, 0.05) is 24.2 Å². The van der Waals surface area contributed by atoms with Gasteiger partial charge in [0.25, 0.3) is 0 Å². The number of benzene rings is 1. The number of nitrogens with one attached hydrogen (secondary N) is 1. The molecule has 30 heavy (non-hydrogen) atoms. The van der Waals surface area contributed by atoms with Crippen molar-refractivity contribution in [3.8, 4) is 0 Å². The second-order valence-electron chi connectivity index (χ2n) is 8.51. The number of methoxy groups -OCH3 is 1. The molecule has 3 atom stereocenters. The molecule has 1 aromatic carbocycles. The number of nitrogens with zero attached hydrogens (tertiary/aromatic N) is 4. The largest absolute Gasteiger partial charge is 0.482 e. The first-order valence-corrected chi connectivity index (χ1v) is 10.5. The molecule has 3 N–H and O–H groups in total. The molecule has 0 amide bonds. The number of rotatable bonds is 1. The highest BCUT2D eigenvalue weighted by Crippen LogP contribution is 2.48. The van der Waals surface area contributed by atoms with Crippen molar-refractivity contribution in [3.63, 3.8) is 0 Å². The SMILES string of the molecule is COC1=Nc2c(ncnc2N2CCC3(CC2)c2ccccc2NC3O)CC(C)C1O. The van der Waals surface area contributed by atoms with Gasteiger partial charge in [-0.1, -0.05) is 25.1 Å². The summed E-state index contributed by atoms with van der Waals surface area (Å²) in [5.74, 6) is 1.02. The van der Waals surface area contributed by atoms with Gasteiger partial charge in [0.05, 0.1) is 12.8 Å². The standard InChI is InChI=1S/C22H27N5O3/c1-13-11-16-17(26-20(30-2)18(13)28)19(24-12-23-16)27-9-7-22(8-10-27)14-5-3-4-6-15(14)25-21(22)29/h3-6,12-13,18,21,25,28-29H,7-11H2,1-2H3. The first-order valence-electron chi connectivity index (χ1n) is 10.5. The number of aliphatic hydroxyl groups excluding tert-OH is 2. The highest BCUT2D eigenvalue weighted by molar-refractivity contribution is 5.86. The normalized spacial score (nSPS) is 27.0. The van der Waals surface area contributed by atoms with Crippen LogP contribution in [0.4, 0.5) is 17.2 Å². The fourth-order valence-corrected chi connectivity index (χ4v) is 5.04. The van der Waals surface area contributed by atoms with Crippen molar-refractivity contribution in [1.29, 1.82) is 0 Å². The van der Waals surface area contributed by atoms with Crippen LogP contribution in [0, 0.1) is 5.92 Å². The predicted octanol–water partition coefficient (Wildman–Crippen LogP) is 1.99. The highest BCUT2D eigenvalue weighted by atomic mass is 16.5. The summed E-state index contributed by atoms with van der Waals surface area (Å²) >= 11 is 0. The van der Waals surface area contributed by atoms with E-state index in [2.05, 4.69) is 31.2 Å². The Morgan fingerprint density at radius 3 is 2.70 bits per heavy atom. The van der Waals surface area contributed by atoms with Crippen LogP contribution in [0.25, 0.3) is 0 Å². The van der Waals surface area contributed by atoms with Gasteiger partial charge in [-0.05, 0) is 36.8 Å². The Bertz CT molecular complexity index is 986. The molecule has 0 bridgehead atoms. The summed E-state index contributed by atoms with van der Waals surface area (Å²) in [5.41, 5.74) is 3.43. The fraction of sp³-hybridized carbons (Fsp3) is 0.500. The van der Waals surface area contributed by atoms with E-state index in [0.29, 0.717) is 18.0 Å². The van der Waals surface area contributed by atoms with Crippen LogP contribution in [0.5, 0.6) is 0 Å². The number of aliphatic hydroxyl groups is 2. The lowest BCUT2D eigenvalue weighted by atomic mass is 9.73. The van der Waals surface area contributed by atoms with E-state index in [0.717, 1.165) is 43.1 Å². The molecule has 1 aromatic heterocycles. The molecular weight excluding hydrogens is 382 g/mol. The van der Waals surface area contributed by atoms with Crippen molar-refractivity contribution in [2.24, 2.45) is 10.9 Å². The molecule has 1 fully saturated rings. The summed E-state index contributed by atoms with van der Waals surface area (Å²) in [4.78, 5) is 15.8. The van der Waals surface area contributed by atoms with Gasteiger partial charge < -0.3 is 25.2 Å². The van der Waals surface area contributed by atoms with E-state index in [1.54, 1.807) is 6.33 Å². The number of ether oxygens (including phenoxy) is 1. The van der Waals surface area contributed by atoms with Crippen molar-refractivity contribution >= 4 is 23.1 Å². The maximum Gasteiger partial charge on any atom is 0.218 e. The smallest absolute Gasteiger partial charge is 0.218 e. The first kappa shape index (κ1) is 19.3. The van der Waals surface area contributed by atoms with Crippen LogP contribution in [0.15, 0.2) is 35.6 Å². The average molecular weight is 409 g/mol.